The fraction of sp³-hybridized carbons (Fsp3) is 0.667. The van der Waals surface area contributed by atoms with Gasteiger partial charge in [0.25, 0.3) is 5.69 Å². The van der Waals surface area contributed by atoms with Gasteiger partial charge in [0.2, 0.25) is 0 Å². The molecule has 1 aromatic heterocycles. The van der Waals surface area contributed by atoms with Gasteiger partial charge in [-0.3, -0.25) is 24.4 Å². The van der Waals surface area contributed by atoms with Crippen molar-refractivity contribution >= 4 is 23.5 Å². The number of aliphatic hydroxyl groups is 1. The number of benzene rings is 1. The molecule has 0 saturated carbocycles. The molecule has 2 fully saturated rings. The number of nitro groups is 1. The van der Waals surface area contributed by atoms with Gasteiger partial charge in [-0.1, -0.05) is 52.0 Å². The SMILES string of the molecule is CC[C@H]1OC(=O)[C@H](C)[C@@H](O)[C@H](C)C[C@@H](C)C[C@@H](C)C(=O)[C@H](C)[C@H]2C1OC(=O)N2CCCCn1cc(-c2cccc([N+](=O)[O-])c2)nn1. The Hall–Kier alpha value is -3.87. The second kappa shape index (κ2) is 15.1. The van der Waals surface area contributed by atoms with E-state index < -0.39 is 53.2 Å². The van der Waals surface area contributed by atoms with Crippen LogP contribution in [0.25, 0.3) is 11.3 Å². The topological polar surface area (TPSA) is 167 Å². The van der Waals surface area contributed by atoms with E-state index in [-0.39, 0.29) is 29.2 Å². The average Bonchev–Trinajstić information content (AvgIpc) is 3.64. The van der Waals surface area contributed by atoms with Crippen LogP contribution in [0.2, 0.25) is 0 Å². The summed E-state index contributed by atoms with van der Waals surface area (Å²) in [7, 11) is 0. The maximum atomic E-state index is 13.8. The Balaban J connectivity index is 1.48. The number of cyclic esters (lactones) is 1. The molecule has 4 rings (SSSR count). The first kappa shape index (κ1) is 35.0. The quantitative estimate of drug-likeness (QED) is 0.178. The van der Waals surface area contributed by atoms with Crippen LogP contribution in [0.5, 0.6) is 0 Å². The van der Waals surface area contributed by atoms with Gasteiger partial charge >= 0.3 is 12.1 Å². The first-order valence-electron chi connectivity index (χ1n) is 16.4. The molecule has 2 saturated heterocycles. The van der Waals surface area contributed by atoms with E-state index in [4.69, 9.17) is 9.47 Å². The molecule has 0 aliphatic carbocycles. The molecule has 0 radical (unpaired) electrons. The predicted octanol–water partition coefficient (Wildman–Crippen LogP) is 5.05. The predicted molar refractivity (Wildman–Crippen MR) is 168 cm³/mol. The molecular weight excluding hydrogens is 594 g/mol. The number of esters is 1. The van der Waals surface area contributed by atoms with Gasteiger partial charge in [-0.2, -0.15) is 0 Å². The van der Waals surface area contributed by atoms with E-state index in [1.54, 1.807) is 34.8 Å². The van der Waals surface area contributed by atoms with Crippen LogP contribution in [0.4, 0.5) is 10.5 Å². The summed E-state index contributed by atoms with van der Waals surface area (Å²) >= 11 is 0. The Morgan fingerprint density at radius 2 is 1.74 bits per heavy atom. The molecule has 1 aromatic carbocycles. The van der Waals surface area contributed by atoms with Crippen molar-refractivity contribution in [3.05, 3.63) is 40.6 Å². The summed E-state index contributed by atoms with van der Waals surface area (Å²) in [6, 6.07) is 5.58. The number of fused-ring (bicyclic) bond motifs is 1. The van der Waals surface area contributed by atoms with Crippen LogP contribution in [-0.2, 0) is 25.6 Å². The smallest absolute Gasteiger partial charge is 0.410 e. The molecular formula is C33H47N5O8. The van der Waals surface area contributed by atoms with Crippen LogP contribution in [0, 0.1) is 39.7 Å². The molecule has 2 aromatic rings. The molecule has 3 heterocycles. The van der Waals surface area contributed by atoms with E-state index in [1.807, 2.05) is 27.7 Å². The van der Waals surface area contributed by atoms with Gasteiger partial charge in [-0.05, 0) is 50.9 Å². The Kier molecular flexibility index (Phi) is 11.5. The zero-order chi connectivity index (χ0) is 33.7. The summed E-state index contributed by atoms with van der Waals surface area (Å²) in [5, 5.41) is 30.4. The number of non-ortho nitro benzene ring substituents is 1. The fourth-order valence-electron chi connectivity index (χ4n) is 7.00. The highest BCUT2D eigenvalue weighted by molar-refractivity contribution is 5.85. The van der Waals surface area contributed by atoms with Crippen molar-refractivity contribution in [2.45, 2.75) is 105 Å². The number of hydrogen-bond donors (Lipinski definition) is 1. The highest BCUT2D eigenvalue weighted by Crippen LogP contribution is 2.35. The number of aromatic nitrogens is 3. The summed E-state index contributed by atoms with van der Waals surface area (Å²) in [4.78, 5) is 52.6. The number of ether oxygens (including phenoxy) is 2. The lowest BCUT2D eigenvalue weighted by Crippen LogP contribution is -2.50. The molecule has 13 heteroatoms. The summed E-state index contributed by atoms with van der Waals surface area (Å²) in [5.41, 5.74) is 1.08. The second-order valence-electron chi connectivity index (χ2n) is 13.2. The normalized spacial score (nSPS) is 31.2. The van der Waals surface area contributed by atoms with Gasteiger partial charge in [-0.25, -0.2) is 4.79 Å². The zero-order valence-electron chi connectivity index (χ0n) is 27.6. The summed E-state index contributed by atoms with van der Waals surface area (Å²) in [5.74, 6) is -2.10. The number of aryl methyl sites for hydroxylation is 1. The van der Waals surface area contributed by atoms with Gasteiger partial charge in [0.15, 0.2) is 6.10 Å². The zero-order valence-corrected chi connectivity index (χ0v) is 27.6. The second-order valence-corrected chi connectivity index (χ2v) is 13.2. The molecule has 0 bridgehead atoms. The monoisotopic (exact) mass is 641 g/mol. The fourth-order valence-corrected chi connectivity index (χ4v) is 7.00. The minimum atomic E-state index is -0.897. The highest BCUT2D eigenvalue weighted by atomic mass is 16.6. The number of nitrogens with zero attached hydrogens (tertiary/aromatic N) is 5. The molecule has 1 unspecified atom stereocenters. The third kappa shape index (κ3) is 7.91. The number of carbonyl (C=O) groups is 3. The lowest BCUT2D eigenvalue weighted by molar-refractivity contribution is -0.384. The Labute approximate surface area is 269 Å². The molecule has 1 N–H and O–H groups in total. The molecule has 252 valence electrons. The van der Waals surface area contributed by atoms with Gasteiger partial charge in [0.1, 0.15) is 17.6 Å². The maximum absolute atomic E-state index is 13.8. The van der Waals surface area contributed by atoms with Crippen LogP contribution >= 0.6 is 0 Å². The lowest BCUT2D eigenvalue weighted by atomic mass is 9.79. The molecule has 1 amide bonds. The minimum absolute atomic E-state index is 0.0287. The third-order valence-corrected chi connectivity index (χ3v) is 9.58. The summed E-state index contributed by atoms with van der Waals surface area (Å²) in [6.07, 6.45) is 1.56. The first-order valence-corrected chi connectivity index (χ1v) is 16.4. The molecule has 46 heavy (non-hydrogen) atoms. The number of aliphatic hydroxyl groups excluding tert-OH is 1. The number of hydrogen-bond acceptors (Lipinski definition) is 10. The number of carbonyl (C=O) groups excluding carboxylic acids is 3. The third-order valence-electron chi connectivity index (χ3n) is 9.58. The number of rotatable bonds is 8. The van der Waals surface area contributed by atoms with Gasteiger partial charge in [-0.15, -0.1) is 5.10 Å². The van der Waals surface area contributed by atoms with Crippen LogP contribution < -0.4 is 0 Å². The number of Topliss-reactive ketones (excluding diaryl/α,β-unsaturated/α-hetero) is 1. The Morgan fingerprint density at radius 3 is 2.43 bits per heavy atom. The number of amides is 1. The van der Waals surface area contributed by atoms with Crippen molar-refractivity contribution in [1.29, 1.82) is 0 Å². The Morgan fingerprint density at radius 1 is 1.02 bits per heavy atom. The van der Waals surface area contributed by atoms with Crippen molar-refractivity contribution in [2.24, 2.45) is 29.6 Å². The minimum Gasteiger partial charge on any atom is -0.458 e. The van der Waals surface area contributed by atoms with E-state index in [1.165, 1.54) is 12.1 Å². The van der Waals surface area contributed by atoms with Crippen LogP contribution in [-0.4, -0.2) is 78.7 Å². The first-order chi connectivity index (χ1) is 21.8. The number of ketones is 1. The largest absolute Gasteiger partial charge is 0.458 e. The van der Waals surface area contributed by atoms with Crippen LogP contribution in [0.1, 0.15) is 73.6 Å². The summed E-state index contributed by atoms with van der Waals surface area (Å²) < 4.78 is 13.4. The van der Waals surface area contributed by atoms with Crippen molar-refractivity contribution < 1.29 is 33.9 Å². The molecule has 9 atom stereocenters. The van der Waals surface area contributed by atoms with E-state index in [0.717, 1.165) is 0 Å². The standard InChI is InChI=1S/C33H47N5O8/c1-7-27-31-28(22(5)29(39)20(3)15-19(2)16-21(4)30(40)23(6)32(41)45-27)37(33(42)46-31)14-9-8-13-36-18-26(34-35-36)24-11-10-12-25(17-24)38(43)44/h10-12,17-23,27-28,30-31,40H,7-9,13-16H2,1-6H3/t19-,20+,21+,22+,23+,27+,28-,30-,31?/m0/s1. The van der Waals surface area contributed by atoms with Crippen molar-refractivity contribution in [1.82, 2.24) is 19.9 Å². The maximum Gasteiger partial charge on any atom is 0.410 e. The van der Waals surface area contributed by atoms with E-state index in [9.17, 15) is 29.6 Å². The van der Waals surface area contributed by atoms with Crippen LogP contribution in [0.3, 0.4) is 0 Å². The molecule has 0 spiro atoms. The highest BCUT2D eigenvalue weighted by Gasteiger charge is 2.51. The Bertz CT molecular complexity index is 1400. The van der Waals surface area contributed by atoms with Gasteiger partial charge < -0.3 is 19.5 Å². The lowest BCUT2D eigenvalue weighted by Gasteiger charge is -2.35. The van der Waals surface area contributed by atoms with Gasteiger partial charge in [0.05, 0.1) is 29.2 Å². The van der Waals surface area contributed by atoms with E-state index >= 15 is 0 Å². The molecule has 2 aliphatic heterocycles. The van der Waals surface area contributed by atoms with Crippen molar-refractivity contribution in [3.63, 3.8) is 0 Å². The molecule has 13 nitrogen and oxygen atoms in total. The number of unbranched alkanes of at least 4 members (excludes halogenated alkanes) is 1. The van der Waals surface area contributed by atoms with Crippen molar-refractivity contribution in [3.8, 4) is 11.3 Å². The molecule has 2 aliphatic rings. The van der Waals surface area contributed by atoms with E-state index in [2.05, 4.69) is 17.2 Å². The van der Waals surface area contributed by atoms with Crippen LogP contribution in [0.15, 0.2) is 30.5 Å². The average molecular weight is 642 g/mol. The van der Waals surface area contributed by atoms with Gasteiger partial charge in [0, 0.05) is 42.6 Å². The number of nitro benzene ring substituents is 1. The summed E-state index contributed by atoms with van der Waals surface area (Å²) in [6.45, 7) is 12.0. The van der Waals surface area contributed by atoms with E-state index in [0.29, 0.717) is 56.5 Å². The van der Waals surface area contributed by atoms with Crippen molar-refractivity contribution in [2.75, 3.05) is 6.54 Å².